The fourth-order valence-electron chi connectivity index (χ4n) is 2.93. The van der Waals surface area contributed by atoms with Gasteiger partial charge in [-0.15, -0.1) is 11.8 Å². The Balaban J connectivity index is 1.53. The topological polar surface area (TPSA) is 68.0 Å². The number of benzene rings is 2. The highest BCUT2D eigenvalue weighted by molar-refractivity contribution is 7.99. The van der Waals surface area contributed by atoms with E-state index in [4.69, 9.17) is 4.52 Å². The van der Waals surface area contributed by atoms with Gasteiger partial charge in [0.15, 0.2) is 5.82 Å². The molecule has 1 aromatic heterocycles. The van der Waals surface area contributed by atoms with Crippen molar-refractivity contribution in [1.82, 2.24) is 10.1 Å². The molecule has 4 rings (SSSR count). The minimum Gasteiger partial charge on any atom is -0.339 e. The maximum Gasteiger partial charge on any atom is 0.256 e. The summed E-state index contributed by atoms with van der Waals surface area (Å²) in [6.07, 6.45) is 2.78. The molecule has 1 aliphatic rings. The van der Waals surface area contributed by atoms with Gasteiger partial charge in [0, 0.05) is 16.5 Å². The second-order valence-electron chi connectivity index (χ2n) is 6.54. The lowest BCUT2D eigenvalue weighted by atomic mass is 10.1. The van der Waals surface area contributed by atoms with Gasteiger partial charge in [-0.3, -0.25) is 4.79 Å². The third-order valence-electron chi connectivity index (χ3n) is 4.47. The third kappa shape index (κ3) is 4.22. The number of para-hydroxylation sites is 1. The largest absolute Gasteiger partial charge is 0.339 e. The number of carbonyl (C=O) groups is 1. The van der Waals surface area contributed by atoms with Gasteiger partial charge in [0.25, 0.3) is 5.91 Å². The van der Waals surface area contributed by atoms with Crippen molar-refractivity contribution in [3.05, 3.63) is 71.4 Å². The van der Waals surface area contributed by atoms with E-state index in [0.29, 0.717) is 23.8 Å². The summed E-state index contributed by atoms with van der Waals surface area (Å²) in [6, 6.07) is 15.4. The van der Waals surface area contributed by atoms with Gasteiger partial charge in [-0.25, -0.2) is 0 Å². The quantitative estimate of drug-likeness (QED) is 0.591. The van der Waals surface area contributed by atoms with Crippen LogP contribution in [0.15, 0.2) is 57.9 Å². The maximum absolute atomic E-state index is 12.8. The molecule has 1 amide bonds. The smallest absolute Gasteiger partial charge is 0.256 e. The summed E-state index contributed by atoms with van der Waals surface area (Å²) < 4.78 is 5.39. The minimum absolute atomic E-state index is 0.108. The Labute approximate surface area is 162 Å². The van der Waals surface area contributed by atoms with Crippen LogP contribution < -0.4 is 5.32 Å². The van der Waals surface area contributed by atoms with Crippen LogP contribution in [0.1, 0.15) is 53.3 Å². The molecule has 1 saturated carbocycles. The van der Waals surface area contributed by atoms with E-state index in [-0.39, 0.29) is 5.91 Å². The molecule has 1 fully saturated rings. The molecule has 0 atom stereocenters. The number of rotatable bonds is 7. The van der Waals surface area contributed by atoms with Gasteiger partial charge in [-0.2, -0.15) is 4.98 Å². The summed E-state index contributed by atoms with van der Waals surface area (Å²) in [5, 5.41) is 7.11. The summed E-state index contributed by atoms with van der Waals surface area (Å²) in [7, 11) is 0. The number of nitrogens with zero attached hydrogens (tertiary/aromatic N) is 2. The Morgan fingerprint density at radius 1 is 1.19 bits per heavy atom. The lowest BCUT2D eigenvalue weighted by Crippen LogP contribution is -2.14. The highest BCUT2D eigenvalue weighted by atomic mass is 32.2. The third-order valence-corrected chi connectivity index (χ3v) is 5.42. The number of thioether (sulfide) groups is 1. The predicted molar refractivity (Wildman–Crippen MR) is 106 cm³/mol. The van der Waals surface area contributed by atoms with E-state index in [0.717, 1.165) is 40.6 Å². The van der Waals surface area contributed by atoms with Crippen molar-refractivity contribution in [3.63, 3.8) is 0 Å². The first kappa shape index (κ1) is 17.8. The Hall–Kier alpha value is -2.60. The van der Waals surface area contributed by atoms with Gasteiger partial charge in [-0.05, 0) is 42.4 Å². The van der Waals surface area contributed by atoms with E-state index in [9.17, 15) is 4.79 Å². The Bertz CT molecular complexity index is 950. The van der Waals surface area contributed by atoms with Gasteiger partial charge < -0.3 is 9.84 Å². The highest BCUT2D eigenvalue weighted by Gasteiger charge is 2.28. The lowest BCUT2D eigenvalue weighted by molar-refractivity contribution is 0.102. The van der Waals surface area contributed by atoms with E-state index in [2.05, 4.69) is 22.4 Å². The average Bonchev–Trinajstić information content (AvgIpc) is 3.43. The zero-order valence-corrected chi connectivity index (χ0v) is 16.0. The predicted octanol–water partition coefficient (Wildman–Crippen LogP) is 4.90. The zero-order valence-electron chi connectivity index (χ0n) is 15.1. The molecule has 6 heteroatoms. The number of hydrogen-bond donors (Lipinski definition) is 1. The lowest BCUT2D eigenvalue weighted by Gasteiger charge is -2.12. The Morgan fingerprint density at radius 3 is 2.78 bits per heavy atom. The van der Waals surface area contributed by atoms with Crippen molar-refractivity contribution in [2.24, 2.45) is 0 Å². The highest BCUT2D eigenvalue weighted by Crippen LogP contribution is 2.38. The first-order valence-corrected chi connectivity index (χ1v) is 10.2. The first-order chi connectivity index (χ1) is 13.2. The molecule has 0 spiro atoms. The van der Waals surface area contributed by atoms with Gasteiger partial charge in [0.1, 0.15) is 0 Å². The molecule has 1 N–H and O–H groups in total. The molecule has 1 aliphatic carbocycles. The average molecular weight is 379 g/mol. The minimum atomic E-state index is -0.108. The SMILES string of the molecule is CCSc1ccccc1C(=O)Nc1ccccc1Cc1nc(C2CC2)no1. The Morgan fingerprint density at radius 2 is 1.96 bits per heavy atom. The van der Waals surface area contributed by atoms with Crippen LogP contribution in [-0.2, 0) is 6.42 Å². The van der Waals surface area contributed by atoms with Gasteiger partial charge >= 0.3 is 0 Å². The van der Waals surface area contributed by atoms with Crippen LogP contribution in [0.2, 0.25) is 0 Å². The van der Waals surface area contributed by atoms with Crippen molar-refractivity contribution in [2.45, 2.75) is 37.0 Å². The van der Waals surface area contributed by atoms with E-state index >= 15 is 0 Å². The van der Waals surface area contributed by atoms with Crippen LogP contribution in [0, 0.1) is 0 Å². The van der Waals surface area contributed by atoms with Crippen molar-refractivity contribution < 1.29 is 9.32 Å². The monoisotopic (exact) mass is 379 g/mol. The molecule has 5 nitrogen and oxygen atoms in total. The van der Waals surface area contributed by atoms with E-state index < -0.39 is 0 Å². The van der Waals surface area contributed by atoms with Gasteiger partial charge in [-0.1, -0.05) is 42.4 Å². The zero-order chi connectivity index (χ0) is 18.6. The number of hydrogen-bond acceptors (Lipinski definition) is 5. The molecule has 2 aromatic carbocycles. The van der Waals surface area contributed by atoms with Crippen molar-refractivity contribution in [3.8, 4) is 0 Å². The number of aromatic nitrogens is 2. The number of nitrogens with one attached hydrogen (secondary N) is 1. The Kier molecular flexibility index (Phi) is 5.25. The molecule has 0 saturated heterocycles. The first-order valence-electron chi connectivity index (χ1n) is 9.18. The molecule has 138 valence electrons. The molecule has 0 unspecified atom stereocenters. The molecule has 0 bridgehead atoms. The second-order valence-corrected chi connectivity index (χ2v) is 7.84. The fraction of sp³-hybridized carbons (Fsp3) is 0.286. The molecule has 1 heterocycles. The molecule has 0 radical (unpaired) electrons. The van der Waals surface area contributed by atoms with E-state index in [1.54, 1.807) is 11.8 Å². The van der Waals surface area contributed by atoms with Crippen LogP contribution in [0.4, 0.5) is 5.69 Å². The number of anilines is 1. The molecule has 0 aliphatic heterocycles. The number of carbonyl (C=O) groups excluding carboxylic acids is 1. The van der Waals surface area contributed by atoms with Crippen LogP contribution in [0.3, 0.4) is 0 Å². The van der Waals surface area contributed by atoms with Crippen LogP contribution in [-0.4, -0.2) is 21.8 Å². The van der Waals surface area contributed by atoms with E-state index in [1.165, 1.54) is 0 Å². The van der Waals surface area contributed by atoms with Crippen molar-refractivity contribution >= 4 is 23.4 Å². The fourth-order valence-corrected chi connectivity index (χ4v) is 3.73. The van der Waals surface area contributed by atoms with Crippen LogP contribution in [0.5, 0.6) is 0 Å². The molecule has 27 heavy (non-hydrogen) atoms. The summed E-state index contributed by atoms with van der Waals surface area (Å²) in [4.78, 5) is 18.3. The molecular formula is C21H21N3O2S. The van der Waals surface area contributed by atoms with Gasteiger partial charge in [0.05, 0.1) is 12.0 Å². The summed E-state index contributed by atoms with van der Waals surface area (Å²) in [6.45, 7) is 2.08. The second kappa shape index (κ2) is 7.96. The molecular weight excluding hydrogens is 358 g/mol. The van der Waals surface area contributed by atoms with Crippen LogP contribution in [0.25, 0.3) is 0 Å². The van der Waals surface area contributed by atoms with E-state index in [1.807, 2.05) is 48.5 Å². The maximum atomic E-state index is 12.8. The summed E-state index contributed by atoms with van der Waals surface area (Å²) in [5.74, 6) is 2.66. The summed E-state index contributed by atoms with van der Waals surface area (Å²) in [5.41, 5.74) is 2.41. The van der Waals surface area contributed by atoms with Crippen LogP contribution >= 0.6 is 11.8 Å². The van der Waals surface area contributed by atoms with Crippen molar-refractivity contribution in [2.75, 3.05) is 11.1 Å². The molecule has 3 aromatic rings. The standard InChI is InChI=1S/C21H21N3O2S/c1-2-27-18-10-6-4-8-16(18)21(25)22-17-9-5-3-7-15(17)13-19-23-20(24-26-19)14-11-12-14/h3-10,14H,2,11-13H2,1H3,(H,22,25). The van der Waals surface area contributed by atoms with Gasteiger partial charge in [0.2, 0.25) is 5.89 Å². The normalized spacial score (nSPS) is 13.5. The summed E-state index contributed by atoms with van der Waals surface area (Å²) >= 11 is 1.66. The number of amides is 1. The van der Waals surface area contributed by atoms with Crippen molar-refractivity contribution in [1.29, 1.82) is 0 Å².